The first-order valence-corrected chi connectivity index (χ1v) is 11.8. The van der Waals surface area contributed by atoms with Gasteiger partial charge in [0.05, 0.1) is 12.7 Å². The van der Waals surface area contributed by atoms with Crippen molar-refractivity contribution in [3.8, 4) is 0 Å². The van der Waals surface area contributed by atoms with Crippen LogP contribution >= 0.6 is 0 Å². The van der Waals surface area contributed by atoms with E-state index >= 15 is 0 Å². The van der Waals surface area contributed by atoms with Crippen LogP contribution in [0.1, 0.15) is 103 Å². The molecule has 0 heterocycles. The molecule has 0 bridgehead atoms. The lowest BCUT2D eigenvalue weighted by Gasteiger charge is -2.15. The number of aliphatic hydroxyl groups excluding tert-OH is 1. The fourth-order valence-electron chi connectivity index (χ4n) is 3.10. The van der Waals surface area contributed by atoms with Gasteiger partial charge in [-0.15, -0.1) is 0 Å². The van der Waals surface area contributed by atoms with E-state index in [1.807, 2.05) is 6.08 Å². The third kappa shape index (κ3) is 19.9. The molecule has 0 saturated carbocycles. The number of aliphatic hydroxyl groups is 1. The summed E-state index contributed by atoms with van der Waals surface area (Å²) in [6.07, 6.45) is 19.4. The van der Waals surface area contributed by atoms with Gasteiger partial charge in [0.2, 0.25) is 0 Å². The lowest BCUT2D eigenvalue weighted by Crippen LogP contribution is -2.18. The fraction of sp³-hybridized carbons (Fsp3) is 0.900. The second kappa shape index (κ2) is 18.0. The van der Waals surface area contributed by atoms with Gasteiger partial charge in [0.25, 0.3) is 0 Å². The van der Waals surface area contributed by atoms with E-state index in [1.165, 1.54) is 38.5 Å². The Morgan fingerprint density at radius 2 is 1.31 bits per heavy atom. The highest BCUT2D eigenvalue weighted by molar-refractivity contribution is 7.80. The summed E-state index contributed by atoms with van der Waals surface area (Å²) in [6.45, 7) is 2.30. The summed E-state index contributed by atoms with van der Waals surface area (Å²) in [6, 6.07) is 0. The van der Waals surface area contributed by atoms with Gasteiger partial charge >= 0.3 is 10.4 Å². The molecule has 0 amide bonds. The number of hydrogen-bond acceptors (Lipinski definition) is 4. The highest BCUT2D eigenvalue weighted by Crippen LogP contribution is 2.18. The van der Waals surface area contributed by atoms with E-state index in [0.717, 1.165) is 44.9 Å². The summed E-state index contributed by atoms with van der Waals surface area (Å²) < 4.78 is 35.8. The number of allylic oxidation sites excluding steroid dienone is 1. The Kier molecular flexibility index (Phi) is 17.7. The van der Waals surface area contributed by atoms with E-state index in [1.54, 1.807) is 6.08 Å². The molecule has 0 fully saturated rings. The van der Waals surface area contributed by atoms with E-state index in [4.69, 9.17) is 13.8 Å². The molecule has 0 aliphatic carbocycles. The Hall–Kier alpha value is -0.430. The molecule has 156 valence electrons. The summed E-state index contributed by atoms with van der Waals surface area (Å²) in [4.78, 5) is 0. The normalized spacial score (nSPS) is 13.5. The molecule has 0 saturated heterocycles. The molecule has 0 aromatic carbocycles. The van der Waals surface area contributed by atoms with Gasteiger partial charge < -0.3 is 5.11 Å². The van der Waals surface area contributed by atoms with Gasteiger partial charge in [-0.3, -0.25) is 4.55 Å². The Bertz CT molecular complexity index is 420. The van der Waals surface area contributed by atoms with Crippen LogP contribution in [0.4, 0.5) is 0 Å². The van der Waals surface area contributed by atoms with E-state index < -0.39 is 10.4 Å². The average molecular weight is 393 g/mol. The lowest BCUT2D eigenvalue weighted by molar-refractivity contribution is 0.157. The molecule has 1 atom stereocenters. The minimum absolute atomic E-state index is 0.117. The van der Waals surface area contributed by atoms with Crippen LogP contribution in [0.15, 0.2) is 12.2 Å². The fourth-order valence-corrected chi connectivity index (χ4v) is 3.63. The highest BCUT2D eigenvalue weighted by Gasteiger charge is 2.16. The number of hydrogen-bond donors (Lipinski definition) is 2. The molecule has 1 unspecified atom stereocenters. The van der Waals surface area contributed by atoms with Crippen molar-refractivity contribution in [1.29, 1.82) is 0 Å². The van der Waals surface area contributed by atoms with E-state index in [9.17, 15) is 8.42 Å². The summed E-state index contributed by atoms with van der Waals surface area (Å²) in [5.74, 6) is 0. The third-order valence-electron chi connectivity index (χ3n) is 4.56. The van der Waals surface area contributed by atoms with Gasteiger partial charge in [0, 0.05) is 0 Å². The first-order chi connectivity index (χ1) is 12.5. The molecular weight excluding hydrogens is 352 g/mol. The van der Waals surface area contributed by atoms with Gasteiger partial charge in [0.1, 0.15) is 0 Å². The van der Waals surface area contributed by atoms with Gasteiger partial charge in [0.15, 0.2) is 0 Å². The predicted molar refractivity (Wildman–Crippen MR) is 108 cm³/mol. The van der Waals surface area contributed by atoms with Gasteiger partial charge in [-0.25, -0.2) is 4.18 Å². The van der Waals surface area contributed by atoms with Crippen molar-refractivity contribution in [3.05, 3.63) is 12.2 Å². The molecule has 0 aromatic heterocycles. The quantitative estimate of drug-likeness (QED) is 0.170. The topological polar surface area (TPSA) is 83.8 Å². The highest BCUT2D eigenvalue weighted by atomic mass is 32.3. The van der Waals surface area contributed by atoms with E-state index in [-0.39, 0.29) is 12.7 Å². The summed E-state index contributed by atoms with van der Waals surface area (Å²) in [7, 11) is -4.36. The Morgan fingerprint density at radius 1 is 0.808 bits per heavy atom. The number of rotatable bonds is 19. The lowest BCUT2D eigenvalue weighted by atomic mass is 10.0. The second-order valence-electron chi connectivity index (χ2n) is 7.06. The van der Waals surface area contributed by atoms with Crippen molar-refractivity contribution in [3.63, 3.8) is 0 Å². The molecule has 2 N–H and O–H groups in total. The van der Waals surface area contributed by atoms with Crippen LogP contribution in [-0.4, -0.2) is 30.8 Å². The molecule has 6 heteroatoms. The van der Waals surface area contributed by atoms with Crippen LogP contribution in [0, 0.1) is 0 Å². The average Bonchev–Trinajstić information content (AvgIpc) is 2.58. The summed E-state index contributed by atoms with van der Waals surface area (Å²) in [5, 5.41) is 8.63. The minimum atomic E-state index is -4.36. The van der Waals surface area contributed by atoms with Gasteiger partial charge in [-0.05, 0) is 25.7 Å². The Morgan fingerprint density at radius 3 is 1.81 bits per heavy atom. The largest absolute Gasteiger partial charge is 0.397 e. The molecular formula is C20H40O5S. The molecule has 0 radical (unpaired) electrons. The molecule has 5 nitrogen and oxygen atoms in total. The maximum absolute atomic E-state index is 11.0. The molecule has 0 aliphatic rings. The minimum Gasteiger partial charge on any atom is -0.392 e. The Balaban J connectivity index is 3.78. The molecule has 26 heavy (non-hydrogen) atoms. The maximum atomic E-state index is 11.0. The van der Waals surface area contributed by atoms with Crippen molar-refractivity contribution in [1.82, 2.24) is 0 Å². The summed E-state index contributed by atoms with van der Waals surface area (Å²) >= 11 is 0. The van der Waals surface area contributed by atoms with Gasteiger partial charge in [-0.1, -0.05) is 89.7 Å². The van der Waals surface area contributed by atoms with Crippen molar-refractivity contribution in [2.45, 2.75) is 109 Å². The van der Waals surface area contributed by atoms with Crippen molar-refractivity contribution in [2.75, 3.05) is 6.61 Å². The van der Waals surface area contributed by atoms with Crippen LogP contribution in [0.25, 0.3) is 0 Å². The Labute approximate surface area is 161 Å². The van der Waals surface area contributed by atoms with Crippen LogP contribution in [0.5, 0.6) is 0 Å². The van der Waals surface area contributed by atoms with Crippen LogP contribution < -0.4 is 0 Å². The third-order valence-corrected chi connectivity index (χ3v) is 5.07. The first-order valence-electron chi connectivity index (χ1n) is 10.4. The van der Waals surface area contributed by atoms with E-state index in [2.05, 4.69) is 6.92 Å². The van der Waals surface area contributed by atoms with Crippen LogP contribution in [0.3, 0.4) is 0 Å². The van der Waals surface area contributed by atoms with Crippen LogP contribution in [0.2, 0.25) is 0 Å². The zero-order valence-corrected chi connectivity index (χ0v) is 17.4. The maximum Gasteiger partial charge on any atom is 0.397 e. The molecule has 0 rings (SSSR count). The SMILES string of the molecule is CCCCCCCCC(CCCCCCCCC=CCO)OS(=O)(=O)O. The van der Waals surface area contributed by atoms with E-state index in [0.29, 0.717) is 12.8 Å². The van der Waals surface area contributed by atoms with Crippen molar-refractivity contribution < 1.29 is 22.3 Å². The van der Waals surface area contributed by atoms with Crippen LogP contribution in [-0.2, 0) is 14.6 Å². The van der Waals surface area contributed by atoms with Crippen molar-refractivity contribution in [2.24, 2.45) is 0 Å². The zero-order valence-electron chi connectivity index (χ0n) is 16.6. The number of unbranched alkanes of at least 4 members (excludes halogenated alkanes) is 11. The standard InChI is InChI=1S/C20H40O5S/c1-2-3-4-5-11-14-17-20(25-26(22,23)24)18-15-12-9-7-6-8-10-13-16-19-21/h13,16,20-21H,2-12,14-15,17-19H2,1H3,(H,22,23,24). The zero-order chi connectivity index (χ0) is 19.5. The first kappa shape index (κ1) is 25.6. The van der Waals surface area contributed by atoms with Gasteiger partial charge in [-0.2, -0.15) is 8.42 Å². The molecule has 0 aromatic rings. The molecule has 0 aliphatic heterocycles. The monoisotopic (exact) mass is 392 g/mol. The molecule has 0 spiro atoms. The second-order valence-corrected chi connectivity index (χ2v) is 8.10. The summed E-state index contributed by atoms with van der Waals surface area (Å²) in [5.41, 5.74) is 0. The smallest absolute Gasteiger partial charge is 0.392 e. The predicted octanol–water partition coefficient (Wildman–Crippen LogP) is 5.59. The van der Waals surface area contributed by atoms with Crippen molar-refractivity contribution >= 4 is 10.4 Å².